The van der Waals surface area contributed by atoms with Crippen molar-refractivity contribution in [2.24, 2.45) is 16.5 Å². The van der Waals surface area contributed by atoms with Crippen LogP contribution in [0.5, 0.6) is 0 Å². The van der Waals surface area contributed by atoms with Crippen molar-refractivity contribution in [1.82, 2.24) is 0 Å². The standard InChI is InChI=1S/C8H16FN3O2S.2ClH/c9-3-5-15-8(11)12-4-1-2-6(10)7(13)14;;/h6H,1-5,10H2,(H2,11,12)(H,13,14);2*1H/t6-;;/m0../s1. The van der Waals surface area contributed by atoms with Crippen molar-refractivity contribution < 1.29 is 14.3 Å². The normalized spacial score (nSPS) is 12.2. The van der Waals surface area contributed by atoms with Crippen LogP contribution in [0.25, 0.3) is 0 Å². The SMILES string of the molecule is Cl.Cl.NC(=NCCC[C@H](N)C(=O)O)SCCF. The average molecular weight is 310 g/mol. The monoisotopic (exact) mass is 309 g/mol. The van der Waals surface area contributed by atoms with Gasteiger partial charge in [0.2, 0.25) is 0 Å². The zero-order valence-electron chi connectivity index (χ0n) is 9.17. The molecule has 9 heteroatoms. The van der Waals surface area contributed by atoms with Crippen LogP contribution in [0.2, 0.25) is 0 Å². The van der Waals surface area contributed by atoms with Gasteiger partial charge < -0.3 is 16.6 Å². The van der Waals surface area contributed by atoms with E-state index < -0.39 is 18.7 Å². The highest BCUT2D eigenvalue weighted by Crippen LogP contribution is 2.01. The lowest BCUT2D eigenvalue weighted by Crippen LogP contribution is -2.30. The minimum absolute atomic E-state index is 0. The lowest BCUT2D eigenvalue weighted by molar-refractivity contribution is -0.138. The predicted molar refractivity (Wildman–Crippen MR) is 74.3 cm³/mol. The quantitative estimate of drug-likeness (QED) is 0.370. The van der Waals surface area contributed by atoms with E-state index in [1.54, 1.807) is 0 Å². The van der Waals surface area contributed by atoms with Gasteiger partial charge in [0, 0.05) is 12.3 Å². The van der Waals surface area contributed by atoms with E-state index in [0.717, 1.165) is 11.8 Å². The second-order valence-corrected chi connectivity index (χ2v) is 3.96. The highest BCUT2D eigenvalue weighted by molar-refractivity contribution is 8.13. The van der Waals surface area contributed by atoms with E-state index in [4.69, 9.17) is 16.6 Å². The molecule has 0 aromatic heterocycles. The Morgan fingerprint density at radius 2 is 2.06 bits per heavy atom. The fourth-order valence-corrected chi connectivity index (χ4v) is 1.28. The van der Waals surface area contributed by atoms with Crippen LogP contribution in [0.15, 0.2) is 4.99 Å². The summed E-state index contributed by atoms with van der Waals surface area (Å²) < 4.78 is 11.7. The maximum atomic E-state index is 11.7. The molecular formula is C8H18Cl2FN3O2S. The summed E-state index contributed by atoms with van der Waals surface area (Å²) in [5.74, 6) is -0.719. The second kappa shape index (κ2) is 13.8. The molecule has 0 aromatic carbocycles. The molecule has 0 rings (SSSR count). The van der Waals surface area contributed by atoms with Crippen LogP contribution in [-0.2, 0) is 4.79 Å². The topological polar surface area (TPSA) is 102 Å². The molecule has 17 heavy (non-hydrogen) atoms. The van der Waals surface area contributed by atoms with Gasteiger partial charge in [-0.2, -0.15) is 0 Å². The Hall–Kier alpha value is -0.240. The number of nitrogens with two attached hydrogens (primary N) is 2. The van der Waals surface area contributed by atoms with Crippen LogP contribution in [0.1, 0.15) is 12.8 Å². The number of amidine groups is 1. The number of carboxylic acids is 1. The molecule has 0 aliphatic carbocycles. The minimum Gasteiger partial charge on any atom is -0.480 e. The third-order valence-electron chi connectivity index (χ3n) is 1.59. The smallest absolute Gasteiger partial charge is 0.320 e. The molecule has 1 atom stereocenters. The minimum atomic E-state index is -1.02. The Balaban J connectivity index is -0.000000980. The summed E-state index contributed by atoms with van der Waals surface area (Å²) in [6.07, 6.45) is 0.921. The van der Waals surface area contributed by atoms with Gasteiger partial charge in [-0.05, 0) is 12.8 Å². The zero-order valence-corrected chi connectivity index (χ0v) is 11.6. The van der Waals surface area contributed by atoms with Crippen LogP contribution in [0.4, 0.5) is 4.39 Å². The number of thioether (sulfide) groups is 1. The van der Waals surface area contributed by atoms with Gasteiger partial charge in [0.15, 0.2) is 5.17 Å². The third kappa shape index (κ3) is 13.7. The van der Waals surface area contributed by atoms with Crippen molar-refractivity contribution in [1.29, 1.82) is 0 Å². The van der Waals surface area contributed by atoms with Gasteiger partial charge in [-0.15, -0.1) is 24.8 Å². The summed E-state index contributed by atoms with van der Waals surface area (Å²) in [6.45, 7) is -0.0170. The number of aliphatic carboxylic acids is 1. The van der Waals surface area contributed by atoms with Gasteiger partial charge in [0.05, 0.1) is 6.67 Å². The fourth-order valence-electron chi connectivity index (χ4n) is 0.813. The van der Waals surface area contributed by atoms with E-state index in [0.29, 0.717) is 30.3 Å². The van der Waals surface area contributed by atoms with Gasteiger partial charge in [0.1, 0.15) is 6.04 Å². The highest BCUT2D eigenvalue weighted by Gasteiger charge is 2.09. The summed E-state index contributed by atoms with van der Waals surface area (Å²) in [4.78, 5) is 14.3. The van der Waals surface area contributed by atoms with Crippen molar-refractivity contribution in [3.63, 3.8) is 0 Å². The predicted octanol–water partition coefficient (Wildman–Crippen LogP) is 1.04. The Bertz CT molecular complexity index is 235. The molecule has 0 saturated heterocycles. The zero-order chi connectivity index (χ0) is 11.7. The van der Waals surface area contributed by atoms with Gasteiger partial charge in [-0.3, -0.25) is 14.2 Å². The van der Waals surface area contributed by atoms with Crippen molar-refractivity contribution in [2.45, 2.75) is 18.9 Å². The van der Waals surface area contributed by atoms with E-state index in [1.165, 1.54) is 0 Å². The maximum Gasteiger partial charge on any atom is 0.320 e. The van der Waals surface area contributed by atoms with E-state index in [1.807, 2.05) is 0 Å². The first-order valence-electron chi connectivity index (χ1n) is 4.55. The van der Waals surface area contributed by atoms with E-state index in [-0.39, 0.29) is 24.8 Å². The first-order chi connectivity index (χ1) is 7.07. The van der Waals surface area contributed by atoms with Gasteiger partial charge >= 0.3 is 5.97 Å². The molecule has 5 nitrogen and oxygen atoms in total. The van der Waals surface area contributed by atoms with Crippen LogP contribution in [-0.4, -0.2) is 41.3 Å². The van der Waals surface area contributed by atoms with Gasteiger partial charge in [-0.1, -0.05) is 11.8 Å². The van der Waals surface area contributed by atoms with Crippen LogP contribution in [0.3, 0.4) is 0 Å². The number of halogens is 3. The lowest BCUT2D eigenvalue weighted by atomic mass is 10.2. The van der Waals surface area contributed by atoms with Crippen LogP contribution in [0, 0.1) is 0 Å². The fraction of sp³-hybridized carbons (Fsp3) is 0.750. The highest BCUT2D eigenvalue weighted by atomic mass is 35.5. The Labute approximate surface area is 116 Å². The molecule has 0 bridgehead atoms. The van der Waals surface area contributed by atoms with Crippen molar-refractivity contribution in [3.8, 4) is 0 Å². The number of hydrogen-bond acceptors (Lipinski definition) is 4. The van der Waals surface area contributed by atoms with Crippen LogP contribution >= 0.6 is 36.6 Å². The van der Waals surface area contributed by atoms with E-state index in [2.05, 4.69) is 4.99 Å². The summed E-state index contributed by atoms with van der Waals surface area (Å²) in [6, 6.07) is -0.847. The third-order valence-corrected chi connectivity index (χ3v) is 2.37. The molecule has 0 amide bonds. The van der Waals surface area contributed by atoms with E-state index >= 15 is 0 Å². The number of carbonyl (C=O) groups is 1. The molecule has 0 fully saturated rings. The molecule has 104 valence electrons. The molecule has 0 aliphatic rings. The summed E-state index contributed by atoms with van der Waals surface area (Å²) in [5.41, 5.74) is 10.7. The largest absolute Gasteiger partial charge is 0.480 e. The molecule has 0 unspecified atom stereocenters. The molecule has 0 heterocycles. The van der Waals surface area contributed by atoms with Crippen molar-refractivity contribution in [2.75, 3.05) is 19.0 Å². The lowest BCUT2D eigenvalue weighted by Gasteiger charge is -2.04. The van der Waals surface area contributed by atoms with Gasteiger partial charge in [-0.25, -0.2) is 0 Å². The number of carboxylic acid groups (broad SMARTS) is 1. The Kier molecular flexibility index (Phi) is 17.9. The van der Waals surface area contributed by atoms with Gasteiger partial charge in [0.25, 0.3) is 0 Å². The molecule has 5 N–H and O–H groups in total. The number of aliphatic imine (C=N–C) groups is 1. The Morgan fingerprint density at radius 1 is 1.47 bits per heavy atom. The number of alkyl halides is 1. The van der Waals surface area contributed by atoms with Crippen molar-refractivity contribution >= 4 is 47.7 Å². The molecule has 0 aliphatic heterocycles. The Morgan fingerprint density at radius 3 is 2.53 bits per heavy atom. The molecule has 0 spiro atoms. The number of nitrogens with zero attached hydrogens (tertiary/aromatic N) is 1. The molecule has 0 saturated carbocycles. The summed E-state index contributed by atoms with van der Waals surface area (Å²) >= 11 is 1.15. The summed E-state index contributed by atoms with van der Waals surface area (Å²) in [7, 11) is 0. The van der Waals surface area contributed by atoms with Crippen LogP contribution < -0.4 is 11.5 Å². The maximum absolute atomic E-state index is 11.7. The second-order valence-electron chi connectivity index (χ2n) is 2.84. The van der Waals surface area contributed by atoms with E-state index in [9.17, 15) is 9.18 Å². The number of rotatable bonds is 7. The first-order valence-corrected chi connectivity index (χ1v) is 5.53. The molecular weight excluding hydrogens is 292 g/mol. The van der Waals surface area contributed by atoms with Crippen molar-refractivity contribution in [3.05, 3.63) is 0 Å². The number of hydrogen-bond donors (Lipinski definition) is 3. The average Bonchev–Trinajstić information content (AvgIpc) is 2.20. The summed E-state index contributed by atoms with van der Waals surface area (Å²) in [5, 5.41) is 8.81. The first kappa shape index (κ1) is 22.0. The molecule has 0 radical (unpaired) electrons. The molecule has 0 aromatic rings.